The van der Waals surface area contributed by atoms with Crippen LogP contribution < -0.4 is 0 Å². The van der Waals surface area contributed by atoms with Crippen molar-refractivity contribution in [3.8, 4) is 0 Å². The fourth-order valence-corrected chi connectivity index (χ4v) is 9.91. The van der Waals surface area contributed by atoms with Crippen molar-refractivity contribution in [2.45, 2.75) is 105 Å². The Morgan fingerprint density at radius 1 is 1.09 bits per heavy atom. The topological polar surface area (TPSA) is 46.5 Å². The van der Waals surface area contributed by atoms with Crippen molar-refractivity contribution in [2.24, 2.45) is 39.9 Å². The van der Waals surface area contributed by atoms with Crippen LogP contribution in [0.4, 0.5) is 0 Å². The third-order valence-electron chi connectivity index (χ3n) is 11.4. The number of hydrogen-bond acceptors (Lipinski definition) is 3. The third-order valence-corrected chi connectivity index (χ3v) is 11.4. The van der Waals surface area contributed by atoms with Gasteiger partial charge >= 0.3 is 0 Å². The highest BCUT2D eigenvalue weighted by Crippen LogP contribution is 2.80. The highest BCUT2D eigenvalue weighted by atomic mass is 16.5. The molecule has 3 heteroatoms. The number of Topliss-reactive ketones (excluding diaryl/α,β-unsaturated/α-hetero) is 1. The number of fused-ring (bicyclic) bond motifs is 1. The molecule has 2 saturated carbocycles. The summed E-state index contributed by atoms with van der Waals surface area (Å²) >= 11 is 0. The minimum absolute atomic E-state index is 0.0152. The van der Waals surface area contributed by atoms with Gasteiger partial charge in [0.05, 0.1) is 0 Å². The third kappa shape index (κ3) is 2.25. The van der Waals surface area contributed by atoms with E-state index in [9.17, 15) is 9.90 Å². The maximum Gasteiger partial charge on any atom is 0.169 e. The van der Waals surface area contributed by atoms with Gasteiger partial charge in [-0.15, -0.1) is 0 Å². The molecule has 0 radical (unpaired) electrons. The number of carbonyl (C=O) groups excluding carboxylic acids is 1. The molecule has 3 fully saturated rings. The molecule has 0 aromatic heterocycles. The highest BCUT2D eigenvalue weighted by molar-refractivity contribution is 6.04. The molecule has 6 aliphatic rings. The van der Waals surface area contributed by atoms with E-state index in [1.165, 1.54) is 17.6 Å². The predicted octanol–water partition coefficient (Wildman–Crippen LogP) is 6.52. The fourth-order valence-electron chi connectivity index (χ4n) is 9.91. The van der Waals surface area contributed by atoms with Crippen molar-refractivity contribution in [3.05, 3.63) is 34.6 Å². The van der Waals surface area contributed by atoms with Gasteiger partial charge in [-0.3, -0.25) is 4.79 Å². The first-order chi connectivity index (χ1) is 15.3. The van der Waals surface area contributed by atoms with E-state index in [-0.39, 0.29) is 23.2 Å². The molecule has 180 valence electrons. The number of ketones is 1. The molecule has 0 bridgehead atoms. The largest absolute Gasteiger partial charge is 0.488 e. The van der Waals surface area contributed by atoms with Crippen LogP contribution in [0.3, 0.4) is 0 Å². The Morgan fingerprint density at radius 3 is 2.52 bits per heavy atom. The number of rotatable bonds is 1. The minimum Gasteiger partial charge on any atom is -0.488 e. The normalized spacial score (nSPS) is 46.7. The fraction of sp³-hybridized carbons (Fsp3) is 0.767. The summed E-state index contributed by atoms with van der Waals surface area (Å²) in [6.07, 6.45) is 11.7. The van der Waals surface area contributed by atoms with Gasteiger partial charge in [-0.05, 0) is 88.9 Å². The Morgan fingerprint density at radius 2 is 1.82 bits per heavy atom. The highest BCUT2D eigenvalue weighted by Gasteiger charge is 2.83. The smallest absolute Gasteiger partial charge is 0.169 e. The second-order valence-electron chi connectivity index (χ2n) is 13.8. The summed E-state index contributed by atoms with van der Waals surface area (Å²) in [6.45, 7) is 15.6. The van der Waals surface area contributed by atoms with Gasteiger partial charge in [-0.1, -0.05) is 51.0 Å². The molecular weight excluding hydrogens is 408 g/mol. The van der Waals surface area contributed by atoms with Gasteiger partial charge in [-0.2, -0.15) is 0 Å². The first-order valence-corrected chi connectivity index (χ1v) is 13.4. The van der Waals surface area contributed by atoms with E-state index in [1.807, 2.05) is 0 Å². The Kier molecular flexibility index (Phi) is 4.19. The summed E-state index contributed by atoms with van der Waals surface area (Å²) in [7, 11) is 0. The molecule has 0 amide bonds. The molecule has 1 N–H and O–H groups in total. The first kappa shape index (κ1) is 22.1. The summed E-state index contributed by atoms with van der Waals surface area (Å²) in [6, 6.07) is 0. The van der Waals surface area contributed by atoms with Crippen molar-refractivity contribution in [2.75, 3.05) is 0 Å². The molecule has 6 rings (SSSR count). The molecule has 3 nitrogen and oxygen atoms in total. The predicted molar refractivity (Wildman–Crippen MR) is 130 cm³/mol. The van der Waals surface area contributed by atoms with Crippen molar-refractivity contribution in [1.82, 2.24) is 0 Å². The Bertz CT molecular complexity index is 1040. The lowest BCUT2D eigenvalue weighted by Gasteiger charge is -2.61. The van der Waals surface area contributed by atoms with Crippen LogP contribution in [0.25, 0.3) is 0 Å². The standard InChI is InChI=1S/C30H42O3/c1-17(2)23-24(31)28-13-10-18(3)21-15-22-27(6,7)33-25(23)30(22,32)29(21,28)16-19-9-8-12-26(4,5)20(19)11-14-28/h9-10,17,20-22,32H,8,11-16H2,1-7H3. The summed E-state index contributed by atoms with van der Waals surface area (Å²) in [5.74, 6) is 1.74. The molecular formula is C30H42O3. The minimum atomic E-state index is -1.07. The van der Waals surface area contributed by atoms with Crippen LogP contribution in [0.5, 0.6) is 0 Å². The van der Waals surface area contributed by atoms with Gasteiger partial charge in [0.1, 0.15) is 17.0 Å². The van der Waals surface area contributed by atoms with Crippen LogP contribution >= 0.6 is 0 Å². The Balaban J connectivity index is 1.69. The van der Waals surface area contributed by atoms with Crippen molar-refractivity contribution in [1.29, 1.82) is 0 Å². The van der Waals surface area contributed by atoms with Gasteiger partial charge in [0, 0.05) is 22.3 Å². The van der Waals surface area contributed by atoms with Gasteiger partial charge in [-0.25, -0.2) is 0 Å². The molecule has 0 aromatic carbocycles. The molecule has 33 heavy (non-hydrogen) atoms. The monoisotopic (exact) mass is 450 g/mol. The average molecular weight is 451 g/mol. The van der Waals surface area contributed by atoms with E-state index in [1.54, 1.807) is 0 Å². The summed E-state index contributed by atoms with van der Waals surface area (Å²) in [4.78, 5) is 14.7. The number of allylic oxidation sites excluding steroid dienone is 5. The number of aliphatic hydroxyl groups is 1. The van der Waals surface area contributed by atoms with E-state index >= 15 is 0 Å². The van der Waals surface area contributed by atoms with Gasteiger partial charge in [0.25, 0.3) is 0 Å². The van der Waals surface area contributed by atoms with E-state index in [2.05, 4.69) is 60.6 Å². The lowest BCUT2D eigenvalue weighted by Crippen LogP contribution is -2.66. The van der Waals surface area contributed by atoms with Crippen molar-refractivity contribution in [3.63, 3.8) is 0 Å². The van der Waals surface area contributed by atoms with Crippen LogP contribution in [0.15, 0.2) is 34.6 Å². The van der Waals surface area contributed by atoms with Crippen LogP contribution in [-0.2, 0) is 9.53 Å². The lowest BCUT2D eigenvalue weighted by atomic mass is 9.41. The van der Waals surface area contributed by atoms with Crippen molar-refractivity contribution >= 4 is 5.78 Å². The number of carbonyl (C=O) groups is 1. The van der Waals surface area contributed by atoms with E-state index in [4.69, 9.17) is 4.74 Å². The number of hydrogen-bond donors (Lipinski definition) is 1. The molecule has 6 atom stereocenters. The van der Waals surface area contributed by atoms with Crippen molar-refractivity contribution < 1.29 is 14.6 Å². The van der Waals surface area contributed by atoms with Crippen LogP contribution in [0.2, 0.25) is 0 Å². The zero-order chi connectivity index (χ0) is 23.8. The van der Waals surface area contributed by atoms with E-state index in [0.29, 0.717) is 17.5 Å². The summed E-state index contributed by atoms with van der Waals surface area (Å²) in [5, 5.41) is 13.1. The van der Waals surface area contributed by atoms with E-state index < -0.39 is 22.0 Å². The quantitative estimate of drug-likeness (QED) is 0.462. The molecule has 1 saturated heterocycles. The Labute approximate surface area is 199 Å². The zero-order valence-corrected chi connectivity index (χ0v) is 21.7. The molecule has 6 unspecified atom stereocenters. The maximum atomic E-state index is 14.7. The molecule has 0 aromatic rings. The average Bonchev–Trinajstić information content (AvgIpc) is 3.01. The maximum absolute atomic E-state index is 14.7. The summed E-state index contributed by atoms with van der Waals surface area (Å²) < 4.78 is 6.66. The van der Waals surface area contributed by atoms with Gasteiger partial charge in [0.15, 0.2) is 5.78 Å². The first-order valence-electron chi connectivity index (χ1n) is 13.4. The second kappa shape index (κ2) is 6.25. The van der Waals surface area contributed by atoms with Gasteiger partial charge < -0.3 is 9.84 Å². The lowest BCUT2D eigenvalue weighted by molar-refractivity contribution is -0.174. The van der Waals surface area contributed by atoms with E-state index in [0.717, 1.165) is 44.1 Å². The second-order valence-corrected chi connectivity index (χ2v) is 13.8. The van der Waals surface area contributed by atoms with Crippen LogP contribution in [-0.4, -0.2) is 22.1 Å². The molecule has 1 heterocycles. The SMILES string of the molecule is CC1=CCC23CCC4C(=CCCC4(C)C)CC24C1CC1C(C)(C)OC(=C(C(C)C)C3=O)C14O. The molecule has 1 aliphatic heterocycles. The van der Waals surface area contributed by atoms with Gasteiger partial charge in [0.2, 0.25) is 0 Å². The Hall–Kier alpha value is -1.35. The van der Waals surface area contributed by atoms with Crippen LogP contribution in [0, 0.1) is 39.9 Å². The molecule has 5 aliphatic carbocycles. The number of ether oxygens (including phenoxy) is 1. The summed E-state index contributed by atoms with van der Waals surface area (Å²) in [5.41, 5.74) is 1.38. The molecule has 1 spiro atoms. The van der Waals surface area contributed by atoms with Crippen LogP contribution in [0.1, 0.15) is 93.4 Å². The zero-order valence-electron chi connectivity index (χ0n) is 21.7.